The minimum Gasteiger partial charge on any atom is -0.493 e. The zero-order valence-corrected chi connectivity index (χ0v) is 21.2. The van der Waals surface area contributed by atoms with E-state index in [0.717, 1.165) is 16.9 Å². The highest BCUT2D eigenvalue weighted by Crippen LogP contribution is 2.29. The number of nitrogens with two attached hydrogens (primary N) is 1. The number of carbonyl (C=O) groups excluding carboxylic acids is 2. The van der Waals surface area contributed by atoms with Gasteiger partial charge in [-0.15, -0.1) is 11.3 Å². The molecule has 178 valence electrons. The van der Waals surface area contributed by atoms with Crippen LogP contribution in [0.2, 0.25) is 14.4 Å². The molecule has 0 aliphatic rings. The smallest absolute Gasteiger partial charge is 0.251 e. The summed E-state index contributed by atoms with van der Waals surface area (Å²) in [5.41, 5.74) is 7.35. The lowest BCUT2D eigenvalue weighted by atomic mass is 10.1. The number of ketones is 1. The van der Waals surface area contributed by atoms with Crippen LogP contribution in [0, 0.1) is 0 Å². The molecule has 0 fully saturated rings. The standard InChI is InChI=1S/C24H21Cl3N2O4S/c1-32-20-5-3-15(10-21(20)33-9-8-14-2-4-16(25)11-18(14)26)24(31)29-13-17(28)12-19(30)22-6-7-23(27)34-22/h2-7,10-12H,8-9,13,28H2,1H3,(H,29,31). The van der Waals surface area contributed by atoms with E-state index in [0.29, 0.717) is 49.3 Å². The van der Waals surface area contributed by atoms with Gasteiger partial charge in [0, 0.05) is 33.8 Å². The molecule has 0 radical (unpaired) electrons. The molecule has 34 heavy (non-hydrogen) atoms. The number of hydrogen-bond donors (Lipinski definition) is 2. The van der Waals surface area contributed by atoms with Crippen LogP contribution in [0.25, 0.3) is 0 Å². The third-order valence-corrected chi connectivity index (χ3v) is 6.49. The SMILES string of the molecule is COc1ccc(C(=O)NCC(N)=CC(=O)c2ccc(Cl)s2)cc1OCCc1ccc(Cl)cc1Cl. The average molecular weight is 540 g/mol. The van der Waals surface area contributed by atoms with Crippen LogP contribution in [0.1, 0.15) is 25.6 Å². The van der Waals surface area contributed by atoms with Gasteiger partial charge >= 0.3 is 0 Å². The Bertz CT molecular complexity index is 1230. The van der Waals surface area contributed by atoms with E-state index in [-0.39, 0.29) is 23.9 Å². The minimum atomic E-state index is -0.379. The molecule has 6 nitrogen and oxygen atoms in total. The second-order valence-corrected chi connectivity index (χ2v) is 9.63. The fraction of sp³-hybridized carbons (Fsp3) is 0.167. The molecular weight excluding hydrogens is 519 g/mol. The van der Waals surface area contributed by atoms with Crippen molar-refractivity contribution < 1.29 is 19.1 Å². The third-order valence-electron chi connectivity index (χ3n) is 4.66. The Kier molecular flexibility index (Phi) is 9.24. The maximum absolute atomic E-state index is 12.6. The van der Waals surface area contributed by atoms with E-state index in [9.17, 15) is 9.59 Å². The number of carbonyl (C=O) groups is 2. The first-order chi connectivity index (χ1) is 16.3. The number of methoxy groups -OCH3 is 1. The maximum Gasteiger partial charge on any atom is 0.251 e. The van der Waals surface area contributed by atoms with E-state index >= 15 is 0 Å². The number of allylic oxidation sites excluding steroid dienone is 1. The van der Waals surface area contributed by atoms with Crippen molar-refractivity contribution in [3.8, 4) is 11.5 Å². The van der Waals surface area contributed by atoms with Gasteiger partial charge in [0.1, 0.15) is 0 Å². The highest BCUT2D eigenvalue weighted by molar-refractivity contribution is 7.18. The number of rotatable bonds is 10. The lowest BCUT2D eigenvalue weighted by Crippen LogP contribution is -2.28. The van der Waals surface area contributed by atoms with E-state index in [1.807, 2.05) is 6.07 Å². The largest absolute Gasteiger partial charge is 0.493 e. The number of benzene rings is 2. The van der Waals surface area contributed by atoms with Crippen molar-refractivity contribution >= 4 is 57.8 Å². The van der Waals surface area contributed by atoms with Crippen molar-refractivity contribution in [3.63, 3.8) is 0 Å². The molecule has 0 unspecified atom stereocenters. The Morgan fingerprint density at radius 2 is 1.85 bits per heavy atom. The van der Waals surface area contributed by atoms with Crippen LogP contribution >= 0.6 is 46.1 Å². The van der Waals surface area contributed by atoms with Crippen molar-refractivity contribution in [3.05, 3.63) is 90.7 Å². The van der Waals surface area contributed by atoms with E-state index in [1.54, 1.807) is 42.5 Å². The molecule has 0 atom stereocenters. The Hall–Kier alpha value is -2.71. The molecule has 1 heterocycles. The van der Waals surface area contributed by atoms with E-state index < -0.39 is 0 Å². The summed E-state index contributed by atoms with van der Waals surface area (Å²) >= 11 is 19.1. The molecule has 1 aromatic heterocycles. The first-order valence-corrected chi connectivity index (χ1v) is 12.0. The summed E-state index contributed by atoms with van der Waals surface area (Å²) in [5.74, 6) is 0.243. The van der Waals surface area contributed by atoms with Gasteiger partial charge in [-0.3, -0.25) is 9.59 Å². The first-order valence-electron chi connectivity index (χ1n) is 10.1. The Balaban J connectivity index is 1.60. The topological polar surface area (TPSA) is 90.6 Å². The summed E-state index contributed by atoms with van der Waals surface area (Å²) in [5, 5.41) is 3.81. The first kappa shape index (κ1) is 25.9. The van der Waals surface area contributed by atoms with Crippen molar-refractivity contribution in [2.24, 2.45) is 5.73 Å². The van der Waals surface area contributed by atoms with Gasteiger partial charge in [0.25, 0.3) is 5.91 Å². The molecule has 10 heteroatoms. The Morgan fingerprint density at radius 3 is 2.53 bits per heavy atom. The van der Waals surface area contributed by atoms with Crippen molar-refractivity contribution in [1.82, 2.24) is 5.32 Å². The summed E-state index contributed by atoms with van der Waals surface area (Å²) in [6.45, 7) is 0.314. The van der Waals surface area contributed by atoms with E-state index in [2.05, 4.69) is 5.32 Å². The molecule has 3 N–H and O–H groups in total. The molecule has 0 saturated heterocycles. The second-order valence-electron chi connectivity index (χ2n) is 7.07. The quantitative estimate of drug-likeness (QED) is 0.251. The van der Waals surface area contributed by atoms with Gasteiger partial charge in [0.15, 0.2) is 17.3 Å². The van der Waals surface area contributed by atoms with Gasteiger partial charge in [0.2, 0.25) is 0 Å². The third kappa shape index (κ3) is 7.14. The van der Waals surface area contributed by atoms with Gasteiger partial charge in [-0.2, -0.15) is 0 Å². The van der Waals surface area contributed by atoms with Crippen LogP contribution in [0.4, 0.5) is 0 Å². The molecule has 3 rings (SSSR count). The molecule has 0 saturated carbocycles. The number of thiophene rings is 1. The molecule has 0 spiro atoms. The molecular formula is C24H21Cl3N2O4S. The van der Waals surface area contributed by atoms with Gasteiger partial charge < -0.3 is 20.5 Å². The highest BCUT2D eigenvalue weighted by Gasteiger charge is 2.13. The molecule has 0 aliphatic carbocycles. The molecule has 2 aromatic carbocycles. The number of nitrogens with one attached hydrogen (secondary N) is 1. The lowest BCUT2D eigenvalue weighted by molar-refractivity contribution is 0.0954. The van der Waals surface area contributed by atoms with Crippen molar-refractivity contribution in [1.29, 1.82) is 0 Å². The molecule has 3 aromatic rings. The van der Waals surface area contributed by atoms with Crippen molar-refractivity contribution in [2.45, 2.75) is 6.42 Å². The monoisotopic (exact) mass is 538 g/mol. The molecule has 0 aliphatic heterocycles. The normalized spacial score (nSPS) is 11.2. The van der Waals surface area contributed by atoms with Crippen LogP contribution in [-0.4, -0.2) is 32.0 Å². The van der Waals surface area contributed by atoms with Gasteiger partial charge in [-0.1, -0.05) is 40.9 Å². The Morgan fingerprint density at radius 1 is 1.06 bits per heavy atom. The fourth-order valence-corrected chi connectivity index (χ4v) is 4.40. The van der Waals surface area contributed by atoms with Gasteiger partial charge in [-0.25, -0.2) is 0 Å². The van der Waals surface area contributed by atoms with E-state index in [4.69, 9.17) is 50.0 Å². The predicted molar refractivity (Wildman–Crippen MR) is 137 cm³/mol. The maximum atomic E-state index is 12.6. The predicted octanol–water partition coefficient (Wildman–Crippen LogP) is 5.79. The number of halogens is 3. The van der Waals surface area contributed by atoms with Gasteiger partial charge in [0.05, 0.1) is 29.5 Å². The lowest BCUT2D eigenvalue weighted by Gasteiger charge is -2.13. The molecule has 0 bridgehead atoms. The number of hydrogen-bond acceptors (Lipinski definition) is 6. The van der Waals surface area contributed by atoms with Crippen LogP contribution in [0.15, 0.2) is 60.3 Å². The number of ether oxygens (including phenoxy) is 2. The zero-order valence-electron chi connectivity index (χ0n) is 18.1. The highest BCUT2D eigenvalue weighted by atomic mass is 35.5. The van der Waals surface area contributed by atoms with Crippen molar-refractivity contribution in [2.75, 3.05) is 20.3 Å². The Labute approximate surface area is 216 Å². The minimum absolute atomic E-state index is 0.000959. The summed E-state index contributed by atoms with van der Waals surface area (Å²) in [6.07, 6.45) is 1.81. The second kappa shape index (κ2) is 12.1. The summed E-state index contributed by atoms with van der Waals surface area (Å²) in [7, 11) is 1.52. The average Bonchev–Trinajstić information content (AvgIpc) is 3.25. The number of amides is 1. The van der Waals surface area contributed by atoms with E-state index in [1.165, 1.54) is 13.2 Å². The molecule has 1 amide bonds. The van der Waals surface area contributed by atoms with Gasteiger partial charge in [-0.05, 0) is 48.0 Å². The van der Waals surface area contributed by atoms with Crippen LogP contribution < -0.4 is 20.5 Å². The van der Waals surface area contributed by atoms with Crippen LogP contribution in [-0.2, 0) is 6.42 Å². The van der Waals surface area contributed by atoms with Crippen LogP contribution in [0.5, 0.6) is 11.5 Å². The fourth-order valence-electron chi connectivity index (χ4n) is 2.95. The van der Waals surface area contributed by atoms with Crippen LogP contribution in [0.3, 0.4) is 0 Å². The summed E-state index contributed by atoms with van der Waals surface area (Å²) in [6, 6.07) is 13.4. The zero-order chi connectivity index (χ0) is 24.7. The summed E-state index contributed by atoms with van der Waals surface area (Å²) in [4.78, 5) is 25.3. The summed E-state index contributed by atoms with van der Waals surface area (Å²) < 4.78 is 11.7.